The van der Waals surface area contributed by atoms with Gasteiger partial charge in [-0.25, -0.2) is 0 Å². The Kier molecular flexibility index (Phi) is 4.32. The van der Waals surface area contributed by atoms with Crippen LogP contribution in [0.5, 0.6) is 5.75 Å². The summed E-state index contributed by atoms with van der Waals surface area (Å²) in [5, 5.41) is 10.1. The van der Waals surface area contributed by atoms with Crippen molar-refractivity contribution in [2.75, 3.05) is 13.1 Å². The maximum absolute atomic E-state index is 10.1. The Morgan fingerprint density at radius 1 is 1.07 bits per heavy atom. The smallest absolute Gasteiger partial charge is 0.115 e. The van der Waals surface area contributed by atoms with Gasteiger partial charge in [0.1, 0.15) is 5.75 Å². The molecule has 5 rings (SSSR count). The molecule has 2 aliphatic carbocycles. The van der Waals surface area contributed by atoms with Gasteiger partial charge in [0.2, 0.25) is 0 Å². The molecule has 1 aliphatic heterocycles. The zero-order valence-corrected chi connectivity index (χ0v) is 16.0. The van der Waals surface area contributed by atoms with Crippen LogP contribution in [0.3, 0.4) is 0 Å². The summed E-state index contributed by atoms with van der Waals surface area (Å²) in [4.78, 5) is 2.73. The van der Waals surface area contributed by atoms with E-state index >= 15 is 0 Å². The van der Waals surface area contributed by atoms with Gasteiger partial charge in [0.05, 0.1) is 0 Å². The molecule has 2 aromatic rings. The highest BCUT2D eigenvalue weighted by molar-refractivity contribution is 5.49. The van der Waals surface area contributed by atoms with Gasteiger partial charge in [0, 0.05) is 18.0 Å². The third-order valence-electron chi connectivity index (χ3n) is 7.39. The Balaban J connectivity index is 1.43. The molecule has 1 heterocycles. The minimum absolute atomic E-state index is 0.314. The van der Waals surface area contributed by atoms with Crippen LogP contribution in [0.25, 0.3) is 6.08 Å². The van der Waals surface area contributed by atoms with Crippen LogP contribution < -0.4 is 0 Å². The Labute approximate surface area is 162 Å². The first-order valence-electron chi connectivity index (χ1n) is 10.5. The number of aromatic hydroxyl groups is 1. The fourth-order valence-electron chi connectivity index (χ4n) is 6.19. The summed E-state index contributed by atoms with van der Waals surface area (Å²) in [6, 6.07) is 17.4. The molecule has 0 amide bonds. The number of phenolic OH excluding ortho intramolecular Hbond substituents is 1. The van der Waals surface area contributed by atoms with Gasteiger partial charge in [-0.1, -0.05) is 61.4 Å². The molecule has 2 heteroatoms. The summed E-state index contributed by atoms with van der Waals surface area (Å²) in [5.41, 5.74) is 4.55. The molecule has 2 fully saturated rings. The minimum Gasteiger partial charge on any atom is -0.508 e. The van der Waals surface area contributed by atoms with Crippen LogP contribution in [0.2, 0.25) is 0 Å². The first-order valence-corrected chi connectivity index (χ1v) is 10.5. The van der Waals surface area contributed by atoms with Gasteiger partial charge >= 0.3 is 0 Å². The van der Waals surface area contributed by atoms with Gasteiger partial charge in [-0.15, -0.1) is 0 Å². The highest BCUT2D eigenvalue weighted by atomic mass is 16.3. The Morgan fingerprint density at radius 3 is 2.85 bits per heavy atom. The molecule has 2 aromatic carbocycles. The second-order valence-electron chi connectivity index (χ2n) is 8.68. The Hall–Kier alpha value is -2.06. The van der Waals surface area contributed by atoms with E-state index in [0.29, 0.717) is 17.2 Å². The fraction of sp³-hybridized carbons (Fsp3) is 0.440. The van der Waals surface area contributed by atoms with E-state index in [4.69, 9.17) is 0 Å². The van der Waals surface area contributed by atoms with Gasteiger partial charge in [-0.2, -0.15) is 0 Å². The zero-order chi connectivity index (χ0) is 18.3. The number of hydrogen-bond acceptors (Lipinski definition) is 2. The van der Waals surface area contributed by atoms with Gasteiger partial charge < -0.3 is 5.11 Å². The molecule has 27 heavy (non-hydrogen) atoms. The lowest BCUT2D eigenvalue weighted by atomic mass is 9.52. The molecule has 1 saturated carbocycles. The maximum atomic E-state index is 10.1. The van der Waals surface area contributed by atoms with Crippen LogP contribution >= 0.6 is 0 Å². The number of phenols is 1. The summed E-state index contributed by atoms with van der Waals surface area (Å²) in [7, 11) is 0. The van der Waals surface area contributed by atoms with Crippen molar-refractivity contribution in [1.82, 2.24) is 4.90 Å². The molecule has 0 radical (unpaired) electrons. The molecule has 0 unspecified atom stereocenters. The molecular weight excluding hydrogens is 330 g/mol. The van der Waals surface area contributed by atoms with Gasteiger partial charge in [0.15, 0.2) is 0 Å². The Morgan fingerprint density at radius 2 is 1.96 bits per heavy atom. The van der Waals surface area contributed by atoms with Crippen LogP contribution in [-0.2, 0) is 11.8 Å². The highest BCUT2D eigenvalue weighted by Crippen LogP contribution is 2.56. The van der Waals surface area contributed by atoms with Crippen molar-refractivity contribution in [3.63, 3.8) is 0 Å². The quantitative estimate of drug-likeness (QED) is 0.818. The Bertz CT molecular complexity index is 843. The number of piperidine rings is 1. The summed E-state index contributed by atoms with van der Waals surface area (Å²) in [5.74, 6) is 1.19. The lowest BCUT2D eigenvalue weighted by molar-refractivity contribution is -0.00513. The van der Waals surface area contributed by atoms with Gasteiger partial charge in [-0.05, 0) is 67.0 Å². The number of rotatable bonds is 3. The summed E-state index contributed by atoms with van der Waals surface area (Å²) in [6.45, 7) is 2.22. The van der Waals surface area contributed by atoms with E-state index in [2.05, 4.69) is 59.5 Å². The summed E-state index contributed by atoms with van der Waals surface area (Å²) in [6.07, 6.45) is 12.3. The van der Waals surface area contributed by atoms with Gasteiger partial charge in [0.25, 0.3) is 0 Å². The maximum Gasteiger partial charge on any atom is 0.115 e. The molecule has 140 valence electrons. The number of hydrogen-bond donors (Lipinski definition) is 1. The van der Waals surface area contributed by atoms with Crippen LogP contribution in [-0.4, -0.2) is 29.1 Å². The van der Waals surface area contributed by atoms with Crippen LogP contribution in [0.1, 0.15) is 48.8 Å². The highest BCUT2D eigenvalue weighted by Gasteiger charge is 2.53. The normalized spacial score (nSPS) is 30.1. The molecule has 1 N–H and O–H groups in total. The first-order chi connectivity index (χ1) is 13.3. The fourth-order valence-corrected chi connectivity index (χ4v) is 6.19. The average Bonchev–Trinajstić information content (AvgIpc) is 2.71. The SMILES string of the molecule is Oc1ccc2c(c1)[C@]13CCCC[C@H]1[C@H](C2)N(C/C=C/c1ccccc1)CC3. The summed E-state index contributed by atoms with van der Waals surface area (Å²) >= 11 is 0. The zero-order valence-electron chi connectivity index (χ0n) is 16.0. The van der Waals surface area contributed by atoms with E-state index in [9.17, 15) is 5.11 Å². The second-order valence-corrected chi connectivity index (χ2v) is 8.68. The van der Waals surface area contributed by atoms with Crippen molar-refractivity contribution < 1.29 is 5.11 Å². The molecule has 0 spiro atoms. The van der Waals surface area contributed by atoms with Gasteiger partial charge in [-0.3, -0.25) is 4.90 Å². The average molecular weight is 360 g/mol. The van der Waals surface area contributed by atoms with Crippen molar-refractivity contribution in [2.24, 2.45) is 5.92 Å². The van der Waals surface area contributed by atoms with Crippen molar-refractivity contribution in [3.8, 4) is 5.75 Å². The first kappa shape index (κ1) is 17.1. The van der Waals surface area contributed by atoms with Crippen molar-refractivity contribution in [1.29, 1.82) is 0 Å². The molecule has 3 aliphatic rings. The lowest BCUT2D eigenvalue weighted by Gasteiger charge is -2.59. The van der Waals surface area contributed by atoms with E-state index < -0.39 is 0 Å². The van der Waals surface area contributed by atoms with Crippen LogP contribution in [0.15, 0.2) is 54.6 Å². The largest absolute Gasteiger partial charge is 0.508 e. The molecule has 3 atom stereocenters. The predicted octanol–water partition coefficient (Wildman–Crippen LogP) is 5.16. The standard InChI is InChI=1S/C25H29NO/c27-21-12-11-20-17-24-22-10-4-5-13-25(22,23(20)18-21)14-16-26(24)15-6-9-19-7-2-1-3-8-19/h1-3,6-9,11-12,18,22,24,27H,4-5,10,13-17H2/b9-6+/t22-,24-,25-/m0/s1. The van der Waals surface area contributed by atoms with E-state index in [-0.39, 0.29) is 0 Å². The molecule has 1 saturated heterocycles. The third kappa shape index (κ3) is 2.91. The predicted molar refractivity (Wildman–Crippen MR) is 111 cm³/mol. The molecule has 2 nitrogen and oxygen atoms in total. The third-order valence-corrected chi connectivity index (χ3v) is 7.39. The topological polar surface area (TPSA) is 23.5 Å². The molecule has 2 bridgehead atoms. The van der Waals surface area contributed by atoms with E-state index in [1.54, 1.807) is 0 Å². The molecular formula is C25H29NO. The lowest BCUT2D eigenvalue weighted by Crippen LogP contribution is -2.60. The number of benzene rings is 2. The summed E-state index contributed by atoms with van der Waals surface area (Å²) < 4.78 is 0. The van der Waals surface area contributed by atoms with Crippen molar-refractivity contribution in [3.05, 3.63) is 71.3 Å². The second kappa shape index (κ2) is 6.83. The number of likely N-dealkylation sites (tertiary alicyclic amines) is 1. The number of nitrogens with zero attached hydrogens (tertiary/aromatic N) is 1. The monoisotopic (exact) mass is 359 g/mol. The van der Waals surface area contributed by atoms with Crippen molar-refractivity contribution in [2.45, 2.75) is 50.0 Å². The van der Waals surface area contributed by atoms with E-state index in [1.165, 1.54) is 55.3 Å². The van der Waals surface area contributed by atoms with Crippen molar-refractivity contribution >= 4 is 6.08 Å². The minimum atomic E-state index is 0.314. The van der Waals surface area contributed by atoms with Crippen LogP contribution in [0, 0.1) is 5.92 Å². The number of fused-ring (bicyclic) bond motifs is 1. The van der Waals surface area contributed by atoms with Crippen LogP contribution in [0.4, 0.5) is 0 Å². The van der Waals surface area contributed by atoms with E-state index in [0.717, 1.165) is 18.9 Å². The van der Waals surface area contributed by atoms with E-state index in [1.807, 2.05) is 6.07 Å². The molecule has 0 aromatic heterocycles.